The number of hydrogen-bond acceptors (Lipinski definition) is 4. The Morgan fingerprint density at radius 3 is 2.86 bits per heavy atom. The molecule has 1 amide bonds. The molecule has 2 heterocycles. The molecule has 0 aromatic carbocycles. The zero-order valence-corrected chi connectivity index (χ0v) is 14.0. The maximum absolute atomic E-state index is 12.8. The first-order valence-electron chi connectivity index (χ1n) is 6.77. The second-order valence-corrected chi connectivity index (χ2v) is 6.25. The number of halogens is 1. The maximum atomic E-state index is 12.8. The molecule has 6 heteroatoms. The van der Waals surface area contributed by atoms with Gasteiger partial charge in [-0.1, -0.05) is 11.6 Å². The summed E-state index contributed by atoms with van der Waals surface area (Å²) in [4.78, 5) is 14.5. The van der Waals surface area contributed by atoms with Crippen molar-refractivity contribution >= 4 is 28.8 Å². The van der Waals surface area contributed by atoms with Gasteiger partial charge in [0.05, 0.1) is 30.9 Å². The zero-order valence-electron chi connectivity index (χ0n) is 12.5. The highest BCUT2D eigenvalue weighted by molar-refractivity contribution is 7.12. The van der Waals surface area contributed by atoms with Crippen LogP contribution in [0.25, 0.3) is 0 Å². The van der Waals surface area contributed by atoms with Gasteiger partial charge in [0.2, 0.25) is 0 Å². The van der Waals surface area contributed by atoms with Crippen molar-refractivity contribution in [2.45, 2.75) is 19.4 Å². The first-order chi connectivity index (χ1) is 10.6. The van der Waals surface area contributed by atoms with Crippen LogP contribution in [0.1, 0.15) is 23.7 Å². The van der Waals surface area contributed by atoms with Crippen LogP contribution in [0.3, 0.4) is 0 Å². The van der Waals surface area contributed by atoms with Crippen molar-refractivity contribution in [3.8, 4) is 5.06 Å². The predicted molar refractivity (Wildman–Crippen MR) is 85.8 cm³/mol. The minimum atomic E-state index is -0.121. The van der Waals surface area contributed by atoms with Crippen LogP contribution in [0, 0.1) is 6.08 Å². The molecule has 0 bridgehead atoms. The number of rotatable bonds is 3. The Hall–Kier alpha value is -1.72. The second kappa shape index (κ2) is 5.82. The number of nitrogens with zero attached hydrogens (tertiary/aromatic N) is 1. The summed E-state index contributed by atoms with van der Waals surface area (Å²) in [5.41, 5.74) is 2.19. The van der Waals surface area contributed by atoms with Crippen LogP contribution in [0.2, 0.25) is 0 Å². The SMILES string of the molecule is COC1=CCC2C(=C1Cl)[C]=C(C)N2C(=O)c1csc(OC)c1. The monoisotopic (exact) mass is 336 g/mol. The fraction of sp³-hybridized carbons (Fsp3) is 0.312. The van der Waals surface area contributed by atoms with Crippen LogP contribution in [-0.4, -0.2) is 31.1 Å². The Labute approximate surface area is 138 Å². The van der Waals surface area contributed by atoms with Gasteiger partial charge in [-0.05, 0) is 19.4 Å². The van der Waals surface area contributed by atoms with Crippen LogP contribution >= 0.6 is 22.9 Å². The first kappa shape index (κ1) is 15.2. The molecule has 0 N–H and O–H groups in total. The average molecular weight is 337 g/mol. The normalized spacial score (nSPS) is 20.5. The summed E-state index contributed by atoms with van der Waals surface area (Å²) >= 11 is 7.75. The quantitative estimate of drug-likeness (QED) is 0.844. The van der Waals surface area contributed by atoms with E-state index < -0.39 is 0 Å². The van der Waals surface area contributed by atoms with Crippen molar-refractivity contribution in [3.05, 3.63) is 51.2 Å². The lowest BCUT2D eigenvalue weighted by molar-refractivity contribution is 0.0780. The van der Waals surface area contributed by atoms with Gasteiger partial charge < -0.3 is 14.4 Å². The van der Waals surface area contributed by atoms with Crippen molar-refractivity contribution in [2.75, 3.05) is 14.2 Å². The summed E-state index contributed by atoms with van der Waals surface area (Å²) in [5, 5.41) is 3.04. The Balaban J connectivity index is 1.92. The maximum Gasteiger partial charge on any atom is 0.259 e. The first-order valence-corrected chi connectivity index (χ1v) is 8.03. The molecule has 0 spiro atoms. The summed E-state index contributed by atoms with van der Waals surface area (Å²) in [7, 11) is 3.18. The summed E-state index contributed by atoms with van der Waals surface area (Å²) in [6.07, 6.45) is 5.78. The highest BCUT2D eigenvalue weighted by Crippen LogP contribution is 2.39. The topological polar surface area (TPSA) is 38.8 Å². The standard InChI is InChI=1S/C16H15ClNO3S/c1-9-6-11-12(4-5-13(20-2)15(11)17)18(9)16(19)10-7-14(21-3)22-8-10/h5,7-8,12H,4H2,1-3H3. The molecule has 1 aliphatic heterocycles. The number of amides is 1. The molecule has 22 heavy (non-hydrogen) atoms. The lowest BCUT2D eigenvalue weighted by Crippen LogP contribution is -2.36. The Morgan fingerprint density at radius 2 is 2.23 bits per heavy atom. The van der Waals surface area contributed by atoms with Crippen LogP contribution in [0.4, 0.5) is 0 Å². The highest BCUT2D eigenvalue weighted by atomic mass is 35.5. The van der Waals surface area contributed by atoms with E-state index >= 15 is 0 Å². The molecular weight excluding hydrogens is 322 g/mol. The number of carbonyl (C=O) groups excluding carboxylic acids is 1. The fourth-order valence-corrected chi connectivity index (χ4v) is 3.74. The van der Waals surface area contributed by atoms with E-state index in [4.69, 9.17) is 21.1 Å². The molecule has 0 saturated heterocycles. The van der Waals surface area contributed by atoms with E-state index in [-0.39, 0.29) is 11.9 Å². The summed E-state index contributed by atoms with van der Waals surface area (Å²) < 4.78 is 10.4. The van der Waals surface area contributed by atoms with Crippen LogP contribution in [0.15, 0.2) is 39.6 Å². The van der Waals surface area contributed by atoms with E-state index in [2.05, 4.69) is 6.08 Å². The summed E-state index contributed by atoms with van der Waals surface area (Å²) in [5.74, 6) is 0.572. The van der Waals surface area contributed by atoms with Crippen LogP contribution < -0.4 is 4.74 Å². The number of hydrogen-bond donors (Lipinski definition) is 0. The van der Waals surface area contributed by atoms with Crippen molar-refractivity contribution < 1.29 is 14.3 Å². The van der Waals surface area contributed by atoms with Gasteiger partial charge in [0, 0.05) is 28.8 Å². The van der Waals surface area contributed by atoms with Crippen LogP contribution in [0.5, 0.6) is 5.06 Å². The molecule has 3 rings (SSSR count). The lowest BCUT2D eigenvalue weighted by Gasteiger charge is -2.29. The van der Waals surface area contributed by atoms with Gasteiger partial charge >= 0.3 is 0 Å². The van der Waals surface area contributed by atoms with Crippen molar-refractivity contribution in [1.82, 2.24) is 4.90 Å². The third-order valence-electron chi connectivity index (χ3n) is 3.76. The third kappa shape index (κ3) is 2.34. The Morgan fingerprint density at radius 1 is 1.45 bits per heavy atom. The Kier molecular flexibility index (Phi) is 4.02. The van der Waals surface area contributed by atoms with E-state index in [0.29, 0.717) is 27.8 Å². The van der Waals surface area contributed by atoms with Gasteiger partial charge in [-0.15, -0.1) is 11.3 Å². The molecule has 1 radical (unpaired) electrons. The summed E-state index contributed by atoms with van der Waals surface area (Å²) in [6.45, 7) is 1.86. The minimum Gasteiger partial charge on any atom is -0.496 e. The molecule has 1 aromatic heterocycles. The number of ether oxygens (including phenoxy) is 2. The average Bonchev–Trinajstić information content (AvgIpc) is 3.11. The lowest BCUT2D eigenvalue weighted by atomic mass is 9.99. The summed E-state index contributed by atoms with van der Waals surface area (Å²) in [6, 6.07) is 1.63. The zero-order chi connectivity index (χ0) is 15.9. The highest BCUT2D eigenvalue weighted by Gasteiger charge is 2.37. The van der Waals surface area contributed by atoms with E-state index in [0.717, 1.165) is 11.3 Å². The van der Waals surface area contributed by atoms with Gasteiger partial charge in [0.1, 0.15) is 5.76 Å². The number of methoxy groups -OCH3 is 2. The van der Waals surface area contributed by atoms with Gasteiger partial charge in [0.15, 0.2) is 5.06 Å². The minimum absolute atomic E-state index is 0.0664. The number of thiophene rings is 1. The third-order valence-corrected chi connectivity index (χ3v) is 5.04. The molecular formula is C16H15ClNO3S. The van der Waals surface area contributed by atoms with Gasteiger partial charge in [0.25, 0.3) is 5.91 Å². The van der Waals surface area contributed by atoms with Gasteiger partial charge in [-0.25, -0.2) is 0 Å². The van der Waals surface area contributed by atoms with Gasteiger partial charge in [-0.2, -0.15) is 0 Å². The molecule has 1 aromatic rings. The van der Waals surface area contributed by atoms with E-state index in [1.807, 2.05) is 13.0 Å². The molecule has 1 unspecified atom stereocenters. The smallest absolute Gasteiger partial charge is 0.259 e. The van der Waals surface area contributed by atoms with Crippen molar-refractivity contribution in [3.63, 3.8) is 0 Å². The van der Waals surface area contributed by atoms with E-state index in [9.17, 15) is 4.79 Å². The molecule has 1 aliphatic carbocycles. The Bertz CT molecular complexity index is 717. The molecule has 1 atom stereocenters. The fourth-order valence-electron chi connectivity index (χ4n) is 2.71. The second-order valence-electron chi connectivity index (χ2n) is 5.00. The number of fused-ring (bicyclic) bond motifs is 1. The van der Waals surface area contributed by atoms with E-state index in [1.54, 1.807) is 30.6 Å². The molecule has 0 saturated carbocycles. The molecule has 115 valence electrons. The van der Waals surface area contributed by atoms with Gasteiger partial charge in [-0.3, -0.25) is 4.79 Å². The number of carbonyl (C=O) groups is 1. The predicted octanol–water partition coefficient (Wildman–Crippen LogP) is 3.71. The van der Waals surface area contributed by atoms with Crippen molar-refractivity contribution in [2.24, 2.45) is 0 Å². The molecule has 2 aliphatic rings. The molecule has 4 nitrogen and oxygen atoms in total. The van der Waals surface area contributed by atoms with Crippen LogP contribution in [-0.2, 0) is 4.74 Å². The van der Waals surface area contributed by atoms with E-state index in [1.165, 1.54) is 11.3 Å². The molecule has 0 fully saturated rings. The van der Waals surface area contributed by atoms with Crippen molar-refractivity contribution in [1.29, 1.82) is 0 Å². The number of allylic oxidation sites excluding steroid dienone is 2. The largest absolute Gasteiger partial charge is 0.496 e.